The Morgan fingerprint density at radius 3 is 1.63 bits per heavy atom. The lowest BCUT2D eigenvalue weighted by atomic mass is 9.94. The fraction of sp³-hybridized carbons (Fsp3) is 0.462. The van der Waals surface area contributed by atoms with E-state index >= 15 is 0 Å². The van der Waals surface area contributed by atoms with Crippen LogP contribution < -0.4 is 0 Å². The quantitative estimate of drug-likeness (QED) is 0.0571. The molecule has 0 aromatic heterocycles. The predicted molar refractivity (Wildman–Crippen MR) is 206 cm³/mol. The number of amides is 2. The molecule has 0 spiro atoms. The van der Waals surface area contributed by atoms with Crippen molar-refractivity contribution < 1.29 is 33.0 Å². The maximum absolute atomic E-state index is 14.2. The van der Waals surface area contributed by atoms with Crippen LogP contribution in [0.2, 0.25) is 16.6 Å². The molecular weight excluding hydrogens is 743 g/mol. The van der Waals surface area contributed by atoms with Crippen molar-refractivity contribution in [2.24, 2.45) is 0 Å². The summed E-state index contributed by atoms with van der Waals surface area (Å²) in [6.07, 6.45) is -4.29. The van der Waals surface area contributed by atoms with Gasteiger partial charge in [-0.25, -0.2) is 0 Å². The average Bonchev–Trinajstić information content (AvgIpc) is 3.35. The summed E-state index contributed by atoms with van der Waals surface area (Å²) >= 11 is 18.4. The van der Waals surface area contributed by atoms with Crippen molar-refractivity contribution in [3.63, 3.8) is 0 Å². The van der Waals surface area contributed by atoms with Crippen LogP contribution in [0.25, 0.3) is 0 Å². The van der Waals surface area contributed by atoms with Crippen molar-refractivity contribution in [2.45, 2.75) is 106 Å². The number of ether oxygens (including phenoxy) is 4. The summed E-state index contributed by atoms with van der Waals surface area (Å²) in [5.74, 6) is -1.89. The van der Waals surface area contributed by atoms with Gasteiger partial charge < -0.3 is 23.4 Å². The number of benzene rings is 3. The van der Waals surface area contributed by atoms with E-state index in [4.69, 9.17) is 63.6 Å². The molecule has 280 valence electrons. The van der Waals surface area contributed by atoms with E-state index in [0.29, 0.717) is 0 Å². The van der Waals surface area contributed by atoms with Gasteiger partial charge in [-0.1, -0.05) is 149 Å². The topological polar surface area (TPSA) is 107 Å². The zero-order valence-corrected chi connectivity index (χ0v) is 33.5. The Morgan fingerprint density at radius 1 is 0.750 bits per heavy atom. The second kappa shape index (κ2) is 17.1. The molecule has 0 aliphatic carbocycles. The van der Waals surface area contributed by atoms with E-state index in [1.54, 1.807) is 24.3 Å². The van der Waals surface area contributed by atoms with Gasteiger partial charge in [0.1, 0.15) is 24.4 Å². The van der Waals surface area contributed by atoms with Crippen molar-refractivity contribution in [1.29, 1.82) is 5.41 Å². The van der Waals surface area contributed by atoms with Crippen molar-refractivity contribution in [1.82, 2.24) is 4.90 Å². The highest BCUT2D eigenvalue weighted by atomic mass is 35.6. The second-order valence-electron chi connectivity index (χ2n) is 14.2. The molecule has 52 heavy (non-hydrogen) atoms. The Kier molecular flexibility index (Phi) is 13.3. The molecule has 3 aromatic rings. The number of rotatable bonds is 14. The number of halogens is 3. The maximum Gasteiger partial charge on any atom is 0.265 e. The molecule has 2 amide bonds. The summed E-state index contributed by atoms with van der Waals surface area (Å²) in [5, 5.41) is 8.57. The van der Waals surface area contributed by atoms with Crippen LogP contribution >= 0.6 is 34.8 Å². The minimum Gasteiger partial charge on any atom is -0.446 e. The van der Waals surface area contributed by atoms with Crippen LogP contribution in [0, 0.1) is 5.41 Å². The van der Waals surface area contributed by atoms with Gasteiger partial charge in [0.2, 0.25) is 12.2 Å². The molecule has 3 aromatic carbocycles. The molecule has 2 aliphatic heterocycles. The lowest BCUT2D eigenvalue weighted by Crippen LogP contribution is -2.68. The van der Waals surface area contributed by atoms with Crippen molar-refractivity contribution in [3.05, 3.63) is 107 Å². The molecule has 0 saturated carbocycles. The van der Waals surface area contributed by atoms with Crippen LogP contribution in [-0.4, -0.2) is 72.0 Å². The number of hydrogen-bond donors (Lipinski definition) is 1. The Labute approximate surface area is 322 Å². The zero-order chi connectivity index (χ0) is 37.8. The first kappa shape index (κ1) is 40.4. The largest absolute Gasteiger partial charge is 0.446 e. The third kappa shape index (κ3) is 8.60. The smallest absolute Gasteiger partial charge is 0.265 e. The van der Waals surface area contributed by atoms with Crippen molar-refractivity contribution >= 4 is 60.8 Å². The van der Waals surface area contributed by atoms with Gasteiger partial charge in [-0.05, 0) is 39.9 Å². The monoisotopic (exact) mass is 788 g/mol. The Morgan fingerprint density at radius 2 is 1.19 bits per heavy atom. The number of imide groups is 1. The highest BCUT2D eigenvalue weighted by Crippen LogP contribution is 2.44. The van der Waals surface area contributed by atoms with E-state index in [9.17, 15) is 9.59 Å². The molecule has 9 nitrogen and oxygen atoms in total. The first-order chi connectivity index (χ1) is 24.7. The number of hydrogen-bond acceptors (Lipinski definition) is 8. The van der Waals surface area contributed by atoms with Crippen LogP contribution in [0.3, 0.4) is 0 Å². The molecule has 0 radical (unpaired) electrons. The van der Waals surface area contributed by atoms with E-state index < -0.39 is 60.5 Å². The molecule has 1 saturated heterocycles. The lowest BCUT2D eigenvalue weighted by Gasteiger charge is -2.49. The molecule has 2 heterocycles. The van der Waals surface area contributed by atoms with Gasteiger partial charge in [0.05, 0.1) is 30.9 Å². The summed E-state index contributed by atoms with van der Waals surface area (Å²) in [4.78, 5) is 29.4. The molecule has 5 atom stereocenters. The Bertz CT molecular complexity index is 1630. The van der Waals surface area contributed by atoms with Gasteiger partial charge >= 0.3 is 0 Å². The van der Waals surface area contributed by atoms with E-state index in [1.807, 2.05) is 60.7 Å². The Balaban J connectivity index is 1.64. The summed E-state index contributed by atoms with van der Waals surface area (Å²) in [6, 6.07) is 24.4. The van der Waals surface area contributed by atoms with Gasteiger partial charge in [-0.15, -0.1) is 0 Å². The molecule has 0 unspecified atom stereocenters. The number of fused-ring (bicyclic) bond motifs is 1. The molecule has 13 heteroatoms. The van der Waals surface area contributed by atoms with E-state index in [1.165, 1.54) is 0 Å². The minimum atomic E-state index is -2.45. The maximum atomic E-state index is 14.2. The normalized spacial score (nSPS) is 22.4. The molecule has 1 N–H and O–H groups in total. The van der Waals surface area contributed by atoms with Gasteiger partial charge in [0.15, 0.2) is 8.32 Å². The standard InChI is InChI=1S/C39H47Cl3N2O7Si/c1-24(2)52(25(3)4,26(5)6)49-23-31-33(47-21-27-15-9-7-10-16-27)34(48-22-28-17-11-8-12-18-28)32(37(50-31)51-38(43)39(40,41)42)44-35(45)29-19-13-14-20-30(29)36(44)46/h7-20,24-26,31-34,37,43H,21-23H2,1-6H3/t31-,32-,33-,34-,37+/m1/s1. The molecule has 5 rings (SSSR count). The lowest BCUT2D eigenvalue weighted by molar-refractivity contribution is -0.279. The average molecular weight is 790 g/mol. The number of carbonyl (C=O) groups excluding carboxylic acids is 2. The summed E-state index contributed by atoms with van der Waals surface area (Å²) in [5.41, 5.74) is 2.98. The first-order valence-corrected chi connectivity index (χ1v) is 20.8. The van der Waals surface area contributed by atoms with Gasteiger partial charge in [-0.3, -0.25) is 19.9 Å². The predicted octanol–water partition coefficient (Wildman–Crippen LogP) is 9.10. The second-order valence-corrected chi connectivity index (χ2v) is 21.9. The van der Waals surface area contributed by atoms with Gasteiger partial charge in [0, 0.05) is 0 Å². The number of alkyl halides is 3. The van der Waals surface area contributed by atoms with E-state index in [2.05, 4.69) is 41.5 Å². The van der Waals surface area contributed by atoms with Crippen LogP contribution in [0.1, 0.15) is 73.4 Å². The van der Waals surface area contributed by atoms with Crippen LogP contribution in [0.5, 0.6) is 0 Å². The van der Waals surface area contributed by atoms with Gasteiger partial charge in [0.25, 0.3) is 15.6 Å². The molecule has 2 aliphatic rings. The number of nitrogens with one attached hydrogen (secondary N) is 1. The highest BCUT2D eigenvalue weighted by Gasteiger charge is 2.57. The van der Waals surface area contributed by atoms with Crippen molar-refractivity contribution in [3.8, 4) is 0 Å². The Hall–Kier alpha value is -2.80. The summed E-state index contributed by atoms with van der Waals surface area (Å²) in [7, 11) is -2.45. The third-order valence-corrected chi connectivity index (χ3v) is 16.6. The fourth-order valence-electron chi connectivity index (χ4n) is 7.71. The number of carbonyl (C=O) groups is 2. The molecule has 0 bridgehead atoms. The van der Waals surface area contributed by atoms with Gasteiger partial charge in [-0.2, -0.15) is 0 Å². The van der Waals surface area contributed by atoms with Crippen LogP contribution in [-0.2, 0) is 36.6 Å². The van der Waals surface area contributed by atoms with Crippen LogP contribution in [0.15, 0.2) is 84.9 Å². The minimum absolute atomic E-state index is 0.0845. The number of nitrogens with zero attached hydrogens (tertiary/aromatic N) is 1. The fourth-order valence-corrected chi connectivity index (χ4v) is 13.3. The van der Waals surface area contributed by atoms with Crippen LogP contribution in [0.4, 0.5) is 0 Å². The summed E-state index contributed by atoms with van der Waals surface area (Å²) < 4.78 is 31.0. The van der Waals surface area contributed by atoms with E-state index in [0.717, 1.165) is 16.0 Å². The first-order valence-electron chi connectivity index (χ1n) is 17.6. The van der Waals surface area contributed by atoms with Crippen molar-refractivity contribution in [2.75, 3.05) is 6.61 Å². The SMILES string of the molecule is CC(C)[Si](OC[C@H]1O[C@@H](OC(=N)C(Cl)(Cl)Cl)[C@H](N2C(=O)c3ccccc3C2=O)[C@@H](OCc2ccccc2)[C@@H]1OCc1ccccc1)(C(C)C)C(C)C. The third-order valence-electron chi connectivity index (χ3n) is 10.0. The molecular formula is C39H47Cl3N2O7Si. The highest BCUT2D eigenvalue weighted by molar-refractivity contribution is 6.77. The zero-order valence-electron chi connectivity index (χ0n) is 30.3. The summed E-state index contributed by atoms with van der Waals surface area (Å²) in [6.45, 7) is 13.5. The van der Waals surface area contributed by atoms with E-state index in [-0.39, 0.29) is 47.6 Å². The molecule has 1 fully saturated rings.